The lowest BCUT2D eigenvalue weighted by molar-refractivity contribution is -0.140. The minimum absolute atomic E-state index is 0.188. The molecule has 0 spiro atoms. The molecule has 3 rings (SSSR count). The third-order valence-corrected chi connectivity index (χ3v) is 4.96. The Kier molecular flexibility index (Phi) is 6.59. The molecule has 29 heavy (non-hydrogen) atoms. The zero-order chi connectivity index (χ0) is 20.8. The van der Waals surface area contributed by atoms with Crippen LogP contribution in [0.4, 0.5) is 5.69 Å². The van der Waals surface area contributed by atoms with Crippen molar-refractivity contribution in [3.8, 4) is 11.5 Å². The molecule has 7 heteroatoms. The summed E-state index contributed by atoms with van der Waals surface area (Å²) in [5, 5.41) is 0. The molecule has 0 radical (unpaired) electrons. The highest BCUT2D eigenvalue weighted by atomic mass is 16.5. The first kappa shape index (κ1) is 20.5. The number of piperazine rings is 1. The highest BCUT2D eigenvalue weighted by molar-refractivity contribution is 5.93. The molecule has 154 valence electrons. The lowest BCUT2D eigenvalue weighted by atomic mass is 10.2. The number of nitrogens with zero attached hydrogens (tertiary/aromatic N) is 2. The van der Waals surface area contributed by atoms with Gasteiger partial charge in [-0.15, -0.1) is 0 Å². The summed E-state index contributed by atoms with van der Waals surface area (Å²) in [6.45, 7) is 4.26. The minimum Gasteiger partial charge on any atom is -0.493 e. The molecule has 1 aliphatic heterocycles. The summed E-state index contributed by atoms with van der Waals surface area (Å²) >= 11 is 0. The van der Waals surface area contributed by atoms with Gasteiger partial charge in [0, 0.05) is 31.9 Å². The molecular formula is C22H26N2O5. The molecule has 2 aromatic carbocycles. The topological polar surface area (TPSA) is 68.3 Å². The fraction of sp³-hybridized carbons (Fsp3) is 0.364. The predicted molar refractivity (Wildman–Crippen MR) is 110 cm³/mol. The first-order valence-electron chi connectivity index (χ1n) is 9.55. The van der Waals surface area contributed by atoms with Crippen LogP contribution in [0.1, 0.15) is 17.3 Å². The zero-order valence-corrected chi connectivity index (χ0v) is 17.0. The van der Waals surface area contributed by atoms with Gasteiger partial charge in [-0.1, -0.05) is 18.2 Å². The number of hydrogen-bond donors (Lipinski definition) is 0. The van der Waals surface area contributed by atoms with Gasteiger partial charge in [0.25, 0.3) is 5.91 Å². The van der Waals surface area contributed by atoms with Crippen molar-refractivity contribution in [3.05, 3.63) is 54.1 Å². The monoisotopic (exact) mass is 398 g/mol. The fourth-order valence-corrected chi connectivity index (χ4v) is 3.32. The Hall–Kier alpha value is -3.22. The number of esters is 1. The van der Waals surface area contributed by atoms with Crippen LogP contribution in [0.25, 0.3) is 0 Å². The minimum atomic E-state index is -0.862. The van der Waals surface area contributed by atoms with E-state index in [-0.39, 0.29) is 5.91 Å². The van der Waals surface area contributed by atoms with Crippen molar-refractivity contribution in [2.75, 3.05) is 45.3 Å². The molecule has 1 heterocycles. The highest BCUT2D eigenvalue weighted by Crippen LogP contribution is 2.28. The number of methoxy groups -OCH3 is 2. The van der Waals surface area contributed by atoms with Crippen LogP contribution in [0.15, 0.2) is 48.5 Å². The second-order valence-electron chi connectivity index (χ2n) is 6.77. The summed E-state index contributed by atoms with van der Waals surface area (Å²) in [6, 6.07) is 14.9. The van der Waals surface area contributed by atoms with Crippen molar-refractivity contribution in [2.45, 2.75) is 13.0 Å². The molecule has 0 N–H and O–H groups in total. The Morgan fingerprint density at radius 1 is 0.897 bits per heavy atom. The van der Waals surface area contributed by atoms with Crippen LogP contribution in [-0.4, -0.2) is 63.3 Å². The first-order valence-corrected chi connectivity index (χ1v) is 9.55. The van der Waals surface area contributed by atoms with E-state index in [9.17, 15) is 9.59 Å². The Morgan fingerprint density at radius 3 is 2.17 bits per heavy atom. The van der Waals surface area contributed by atoms with Crippen molar-refractivity contribution in [1.82, 2.24) is 4.90 Å². The average molecular weight is 398 g/mol. The maximum atomic E-state index is 12.7. The summed E-state index contributed by atoms with van der Waals surface area (Å²) in [7, 11) is 3.02. The number of hydrogen-bond acceptors (Lipinski definition) is 6. The van der Waals surface area contributed by atoms with Crippen LogP contribution >= 0.6 is 0 Å². The van der Waals surface area contributed by atoms with Gasteiger partial charge in [0.15, 0.2) is 17.6 Å². The molecule has 0 aromatic heterocycles. The van der Waals surface area contributed by atoms with Gasteiger partial charge in [-0.25, -0.2) is 4.79 Å². The van der Waals surface area contributed by atoms with Crippen molar-refractivity contribution >= 4 is 17.6 Å². The molecule has 1 atom stereocenters. The van der Waals surface area contributed by atoms with Crippen molar-refractivity contribution in [1.29, 1.82) is 0 Å². The van der Waals surface area contributed by atoms with Gasteiger partial charge in [0.2, 0.25) is 0 Å². The van der Waals surface area contributed by atoms with E-state index in [0.29, 0.717) is 30.2 Å². The lowest BCUT2D eigenvalue weighted by Crippen LogP contribution is -2.51. The fourth-order valence-electron chi connectivity index (χ4n) is 3.32. The van der Waals surface area contributed by atoms with E-state index in [0.717, 1.165) is 18.8 Å². The maximum Gasteiger partial charge on any atom is 0.339 e. The number of benzene rings is 2. The van der Waals surface area contributed by atoms with Gasteiger partial charge in [0.1, 0.15) is 0 Å². The lowest BCUT2D eigenvalue weighted by Gasteiger charge is -2.37. The second kappa shape index (κ2) is 9.32. The van der Waals surface area contributed by atoms with E-state index in [4.69, 9.17) is 14.2 Å². The van der Waals surface area contributed by atoms with Crippen LogP contribution in [0, 0.1) is 0 Å². The summed E-state index contributed by atoms with van der Waals surface area (Å²) in [4.78, 5) is 29.1. The molecule has 1 aliphatic rings. The maximum absolute atomic E-state index is 12.7. The van der Waals surface area contributed by atoms with Crippen molar-refractivity contribution < 1.29 is 23.8 Å². The van der Waals surface area contributed by atoms with Crippen LogP contribution in [0.3, 0.4) is 0 Å². The predicted octanol–water partition coefficient (Wildman–Crippen LogP) is 2.60. The molecule has 1 fully saturated rings. The van der Waals surface area contributed by atoms with E-state index in [1.165, 1.54) is 20.3 Å². The second-order valence-corrected chi connectivity index (χ2v) is 6.77. The number of rotatable bonds is 6. The van der Waals surface area contributed by atoms with Crippen molar-refractivity contribution in [2.24, 2.45) is 0 Å². The van der Waals surface area contributed by atoms with Gasteiger partial charge >= 0.3 is 5.97 Å². The molecule has 7 nitrogen and oxygen atoms in total. The zero-order valence-electron chi connectivity index (χ0n) is 17.0. The largest absolute Gasteiger partial charge is 0.493 e. The van der Waals surface area contributed by atoms with E-state index >= 15 is 0 Å². The van der Waals surface area contributed by atoms with Crippen LogP contribution < -0.4 is 14.4 Å². The van der Waals surface area contributed by atoms with Gasteiger partial charge in [-0.3, -0.25) is 4.79 Å². The number of carbonyl (C=O) groups is 2. The number of amides is 1. The summed E-state index contributed by atoms with van der Waals surface area (Å²) in [5.74, 6) is 0.184. The Morgan fingerprint density at radius 2 is 1.55 bits per heavy atom. The average Bonchev–Trinajstić information content (AvgIpc) is 2.78. The van der Waals surface area contributed by atoms with Crippen molar-refractivity contribution in [3.63, 3.8) is 0 Å². The SMILES string of the molecule is COc1ccc(C(=O)OC(C)C(=O)N2CCN(c3ccccc3)CC2)cc1OC. The van der Waals surface area contributed by atoms with Gasteiger partial charge < -0.3 is 24.0 Å². The van der Waals surface area contributed by atoms with Crippen LogP contribution in [-0.2, 0) is 9.53 Å². The third-order valence-electron chi connectivity index (χ3n) is 4.96. The van der Waals surface area contributed by atoms with E-state index in [2.05, 4.69) is 17.0 Å². The van der Waals surface area contributed by atoms with Gasteiger partial charge in [-0.05, 0) is 37.3 Å². The number of carbonyl (C=O) groups excluding carboxylic acids is 2. The van der Waals surface area contributed by atoms with E-state index in [1.807, 2.05) is 18.2 Å². The van der Waals surface area contributed by atoms with Crippen LogP contribution in [0.2, 0.25) is 0 Å². The van der Waals surface area contributed by atoms with Crippen LogP contribution in [0.5, 0.6) is 11.5 Å². The molecule has 0 bridgehead atoms. The quantitative estimate of drug-likeness (QED) is 0.697. The summed E-state index contributed by atoms with van der Waals surface area (Å²) < 4.78 is 15.8. The van der Waals surface area contributed by atoms with E-state index < -0.39 is 12.1 Å². The molecule has 1 unspecified atom stereocenters. The molecule has 0 saturated carbocycles. The third kappa shape index (κ3) is 4.80. The highest BCUT2D eigenvalue weighted by Gasteiger charge is 2.27. The number of ether oxygens (including phenoxy) is 3. The molecular weight excluding hydrogens is 372 g/mol. The molecule has 2 aromatic rings. The smallest absolute Gasteiger partial charge is 0.339 e. The molecule has 0 aliphatic carbocycles. The molecule has 1 amide bonds. The number of anilines is 1. The molecule has 1 saturated heterocycles. The summed E-state index contributed by atoms with van der Waals surface area (Å²) in [5.41, 5.74) is 1.45. The first-order chi connectivity index (χ1) is 14.0. The standard InChI is InChI=1S/C22H26N2O5/c1-16(29-22(26)17-9-10-19(27-2)20(15-17)28-3)21(25)24-13-11-23(12-14-24)18-7-5-4-6-8-18/h4-10,15-16H,11-14H2,1-3H3. The Balaban J connectivity index is 1.56. The Labute approximate surface area is 170 Å². The Bertz CT molecular complexity index is 848. The van der Waals surface area contributed by atoms with E-state index in [1.54, 1.807) is 24.0 Å². The number of para-hydroxylation sites is 1. The van der Waals surface area contributed by atoms with Gasteiger partial charge in [0.05, 0.1) is 19.8 Å². The van der Waals surface area contributed by atoms with Gasteiger partial charge in [-0.2, -0.15) is 0 Å². The normalized spacial score (nSPS) is 14.9. The summed E-state index contributed by atoms with van der Waals surface area (Å²) in [6.07, 6.45) is -0.862.